The van der Waals surface area contributed by atoms with Crippen LogP contribution in [0.4, 0.5) is 13.2 Å². The molecule has 0 saturated carbocycles. The molecule has 2 rings (SSSR count). The standard InChI is InChI=1S/C15H11F3O3/c16-15(17,18)21-13-3-1-2-11(9-13)8-10-4-6-12(7-5-10)14(19)20/h1-7,9H,8H2,(H,19,20). The van der Waals surface area contributed by atoms with Crippen molar-refractivity contribution in [3.63, 3.8) is 0 Å². The molecule has 21 heavy (non-hydrogen) atoms. The van der Waals surface area contributed by atoms with Gasteiger partial charge in [0.05, 0.1) is 5.56 Å². The lowest BCUT2D eigenvalue weighted by Gasteiger charge is -2.10. The predicted molar refractivity (Wildman–Crippen MR) is 69.3 cm³/mol. The molecule has 0 bridgehead atoms. The van der Waals surface area contributed by atoms with Gasteiger partial charge in [-0.15, -0.1) is 13.2 Å². The van der Waals surface area contributed by atoms with Gasteiger partial charge in [-0.1, -0.05) is 24.3 Å². The van der Waals surface area contributed by atoms with Crippen LogP contribution in [-0.4, -0.2) is 17.4 Å². The van der Waals surface area contributed by atoms with Crippen LogP contribution in [0.25, 0.3) is 0 Å². The van der Waals surface area contributed by atoms with Gasteiger partial charge >= 0.3 is 12.3 Å². The number of carboxylic acids is 1. The molecule has 0 unspecified atom stereocenters. The summed E-state index contributed by atoms with van der Waals surface area (Å²) in [7, 11) is 0. The summed E-state index contributed by atoms with van der Waals surface area (Å²) in [4.78, 5) is 10.7. The van der Waals surface area contributed by atoms with E-state index in [4.69, 9.17) is 5.11 Å². The Bertz CT molecular complexity index is 633. The van der Waals surface area contributed by atoms with Gasteiger partial charge in [0.15, 0.2) is 0 Å². The summed E-state index contributed by atoms with van der Waals surface area (Å²) in [6.45, 7) is 0. The van der Waals surface area contributed by atoms with Crippen molar-refractivity contribution >= 4 is 5.97 Å². The highest BCUT2D eigenvalue weighted by Gasteiger charge is 2.31. The van der Waals surface area contributed by atoms with Crippen molar-refractivity contribution in [1.82, 2.24) is 0 Å². The quantitative estimate of drug-likeness (QED) is 0.931. The molecule has 0 radical (unpaired) electrons. The van der Waals surface area contributed by atoms with E-state index in [0.29, 0.717) is 12.0 Å². The van der Waals surface area contributed by atoms with E-state index < -0.39 is 12.3 Å². The summed E-state index contributed by atoms with van der Waals surface area (Å²) in [6.07, 6.45) is -4.34. The first-order chi connectivity index (χ1) is 9.83. The fraction of sp³-hybridized carbons (Fsp3) is 0.133. The van der Waals surface area contributed by atoms with Crippen molar-refractivity contribution < 1.29 is 27.8 Å². The van der Waals surface area contributed by atoms with Crippen LogP contribution in [0.1, 0.15) is 21.5 Å². The molecule has 0 saturated heterocycles. The first-order valence-electron chi connectivity index (χ1n) is 6.00. The third-order valence-electron chi connectivity index (χ3n) is 2.74. The molecule has 2 aromatic rings. The Labute approximate surface area is 118 Å². The molecular formula is C15H11F3O3. The second kappa shape index (κ2) is 5.87. The van der Waals surface area contributed by atoms with Crippen molar-refractivity contribution in [2.24, 2.45) is 0 Å². The fourth-order valence-electron chi connectivity index (χ4n) is 1.85. The molecule has 0 fully saturated rings. The van der Waals surface area contributed by atoms with Crippen LogP contribution in [0.15, 0.2) is 48.5 Å². The first-order valence-corrected chi connectivity index (χ1v) is 6.00. The van der Waals surface area contributed by atoms with E-state index in [1.807, 2.05) is 0 Å². The zero-order valence-corrected chi connectivity index (χ0v) is 10.7. The summed E-state index contributed by atoms with van der Waals surface area (Å²) in [5.74, 6) is -1.30. The minimum absolute atomic E-state index is 0.160. The molecule has 0 aliphatic rings. The highest BCUT2D eigenvalue weighted by molar-refractivity contribution is 5.87. The Morgan fingerprint density at radius 3 is 2.29 bits per heavy atom. The lowest BCUT2D eigenvalue weighted by molar-refractivity contribution is -0.274. The van der Waals surface area contributed by atoms with E-state index in [1.54, 1.807) is 18.2 Å². The highest BCUT2D eigenvalue weighted by Crippen LogP contribution is 2.24. The second-order valence-corrected chi connectivity index (χ2v) is 4.37. The topological polar surface area (TPSA) is 46.5 Å². The number of halogens is 3. The number of carbonyl (C=O) groups is 1. The molecule has 3 nitrogen and oxygen atoms in total. The lowest BCUT2D eigenvalue weighted by atomic mass is 10.0. The zero-order chi connectivity index (χ0) is 15.5. The first kappa shape index (κ1) is 14.9. The van der Waals surface area contributed by atoms with Crippen molar-refractivity contribution in [1.29, 1.82) is 0 Å². The highest BCUT2D eigenvalue weighted by atomic mass is 19.4. The van der Waals surface area contributed by atoms with Crippen LogP contribution in [-0.2, 0) is 6.42 Å². The Balaban J connectivity index is 2.12. The Morgan fingerprint density at radius 2 is 1.71 bits per heavy atom. The number of hydrogen-bond donors (Lipinski definition) is 1. The monoisotopic (exact) mass is 296 g/mol. The van der Waals surface area contributed by atoms with E-state index in [0.717, 1.165) is 5.56 Å². The van der Waals surface area contributed by atoms with Gasteiger partial charge in [-0.3, -0.25) is 0 Å². The molecule has 0 aliphatic heterocycles. The van der Waals surface area contributed by atoms with Crippen molar-refractivity contribution in [2.75, 3.05) is 0 Å². The van der Waals surface area contributed by atoms with Crippen molar-refractivity contribution in [3.05, 3.63) is 65.2 Å². The third kappa shape index (κ3) is 4.52. The number of benzene rings is 2. The Morgan fingerprint density at radius 1 is 1.05 bits per heavy atom. The van der Waals surface area contributed by atoms with E-state index in [9.17, 15) is 18.0 Å². The van der Waals surface area contributed by atoms with Crippen LogP contribution < -0.4 is 4.74 Å². The zero-order valence-electron chi connectivity index (χ0n) is 10.7. The predicted octanol–water partition coefficient (Wildman–Crippen LogP) is 3.87. The van der Waals surface area contributed by atoms with Crippen LogP contribution in [0.3, 0.4) is 0 Å². The summed E-state index contributed by atoms with van der Waals surface area (Å²) < 4.78 is 40.3. The molecular weight excluding hydrogens is 285 g/mol. The molecule has 0 atom stereocenters. The average Bonchev–Trinajstić information content (AvgIpc) is 2.37. The molecule has 2 aromatic carbocycles. The van der Waals surface area contributed by atoms with Crippen LogP contribution in [0, 0.1) is 0 Å². The Kier molecular flexibility index (Phi) is 4.16. The van der Waals surface area contributed by atoms with E-state index in [-0.39, 0.29) is 11.3 Å². The van der Waals surface area contributed by atoms with Crippen molar-refractivity contribution in [3.8, 4) is 5.75 Å². The molecule has 6 heteroatoms. The molecule has 1 N–H and O–H groups in total. The number of rotatable bonds is 4. The van der Waals surface area contributed by atoms with Gasteiger partial charge in [0.25, 0.3) is 0 Å². The minimum atomic E-state index is -4.72. The van der Waals surface area contributed by atoms with E-state index >= 15 is 0 Å². The number of ether oxygens (including phenoxy) is 1. The van der Waals surface area contributed by atoms with E-state index in [2.05, 4.69) is 4.74 Å². The van der Waals surface area contributed by atoms with Gasteiger partial charge in [-0.05, 0) is 41.8 Å². The SMILES string of the molecule is O=C(O)c1ccc(Cc2cccc(OC(F)(F)F)c2)cc1. The van der Waals surface area contributed by atoms with Gasteiger partial charge in [0.1, 0.15) is 5.75 Å². The average molecular weight is 296 g/mol. The molecule has 0 spiro atoms. The van der Waals surface area contributed by atoms with Crippen molar-refractivity contribution in [2.45, 2.75) is 12.8 Å². The third-order valence-corrected chi connectivity index (χ3v) is 2.74. The molecule has 0 aromatic heterocycles. The fourth-order valence-corrected chi connectivity index (χ4v) is 1.85. The Hall–Kier alpha value is -2.50. The normalized spacial score (nSPS) is 11.2. The van der Waals surface area contributed by atoms with Crippen LogP contribution in [0.5, 0.6) is 5.75 Å². The molecule has 0 heterocycles. The van der Waals surface area contributed by atoms with Crippen LogP contribution in [0.2, 0.25) is 0 Å². The number of carboxylic acid groups (broad SMARTS) is 1. The summed E-state index contributed by atoms with van der Waals surface area (Å²) in [5.41, 5.74) is 1.59. The van der Waals surface area contributed by atoms with E-state index in [1.165, 1.54) is 30.3 Å². The summed E-state index contributed by atoms with van der Waals surface area (Å²) >= 11 is 0. The maximum atomic E-state index is 12.1. The van der Waals surface area contributed by atoms with Gasteiger partial charge < -0.3 is 9.84 Å². The molecule has 0 aliphatic carbocycles. The van der Waals surface area contributed by atoms with Gasteiger partial charge in [-0.2, -0.15) is 0 Å². The summed E-state index contributed by atoms with van der Waals surface area (Å²) in [5, 5.41) is 8.79. The van der Waals surface area contributed by atoms with Gasteiger partial charge in [-0.25, -0.2) is 4.79 Å². The number of alkyl halides is 3. The molecule has 110 valence electrons. The largest absolute Gasteiger partial charge is 0.573 e. The lowest BCUT2D eigenvalue weighted by Crippen LogP contribution is -2.17. The smallest absolute Gasteiger partial charge is 0.478 e. The second-order valence-electron chi connectivity index (χ2n) is 4.37. The number of hydrogen-bond acceptors (Lipinski definition) is 2. The van der Waals surface area contributed by atoms with Crippen LogP contribution >= 0.6 is 0 Å². The van der Waals surface area contributed by atoms with Gasteiger partial charge in [0, 0.05) is 0 Å². The number of aromatic carboxylic acids is 1. The minimum Gasteiger partial charge on any atom is -0.478 e. The summed E-state index contributed by atoms with van der Waals surface area (Å²) in [6, 6.07) is 11.8. The maximum absolute atomic E-state index is 12.1. The van der Waals surface area contributed by atoms with Gasteiger partial charge in [0.2, 0.25) is 0 Å². The maximum Gasteiger partial charge on any atom is 0.573 e. The molecule has 0 amide bonds.